The zero-order chi connectivity index (χ0) is 22.6. The summed E-state index contributed by atoms with van der Waals surface area (Å²) < 4.78 is 29.5. The minimum atomic E-state index is -3.70. The number of hydrogen-bond donors (Lipinski definition) is 1. The molecule has 1 atom stereocenters. The summed E-state index contributed by atoms with van der Waals surface area (Å²) in [4.78, 5) is 3.89. The molecule has 0 bridgehead atoms. The Morgan fingerprint density at radius 2 is 1.58 bits per heavy atom. The molecule has 0 spiro atoms. The number of hydrogen-bond acceptors (Lipinski definition) is 2. The van der Waals surface area contributed by atoms with Crippen molar-refractivity contribution in [2.75, 3.05) is 6.54 Å². The summed E-state index contributed by atoms with van der Waals surface area (Å²) in [7, 11) is -3.70. The number of nitrogens with zero attached hydrogens (tertiary/aromatic N) is 1. The van der Waals surface area contributed by atoms with Gasteiger partial charge in [-0.2, -0.15) is 4.31 Å². The number of aromatic amines is 1. The van der Waals surface area contributed by atoms with Crippen LogP contribution in [0.4, 0.5) is 0 Å². The second-order valence-corrected chi connectivity index (χ2v) is 10.6. The van der Waals surface area contributed by atoms with Crippen LogP contribution in [0.2, 0.25) is 0 Å². The molecule has 1 aliphatic rings. The quantitative estimate of drug-likeness (QED) is 0.367. The fraction of sp³-hybridized carbons (Fsp3) is 0.143. The summed E-state index contributed by atoms with van der Waals surface area (Å²) in [6.45, 7) is 2.39. The monoisotopic (exact) mass is 452 g/mol. The molecule has 1 N–H and O–H groups in total. The number of aryl methyl sites for hydroxylation is 1. The number of benzene rings is 4. The average molecular weight is 453 g/mol. The Bertz CT molecular complexity index is 1600. The van der Waals surface area contributed by atoms with Crippen molar-refractivity contribution < 1.29 is 8.42 Å². The molecule has 5 aromatic rings. The summed E-state index contributed by atoms with van der Waals surface area (Å²) in [5.41, 5.74) is 5.24. The van der Waals surface area contributed by atoms with Gasteiger partial charge in [0.05, 0.1) is 10.9 Å². The second-order valence-electron chi connectivity index (χ2n) is 8.75. The molecule has 0 fully saturated rings. The molecule has 0 aliphatic carbocycles. The van der Waals surface area contributed by atoms with E-state index in [1.54, 1.807) is 16.4 Å². The van der Waals surface area contributed by atoms with Gasteiger partial charge in [-0.15, -0.1) is 0 Å². The van der Waals surface area contributed by atoms with E-state index in [1.807, 2.05) is 43.3 Å². The second kappa shape index (κ2) is 7.58. The molecule has 4 nitrogen and oxygen atoms in total. The Hall–Kier alpha value is -3.41. The minimum absolute atomic E-state index is 0.335. The van der Waals surface area contributed by atoms with E-state index in [0.717, 1.165) is 44.1 Å². The first-order valence-corrected chi connectivity index (χ1v) is 12.6. The van der Waals surface area contributed by atoms with Crippen LogP contribution in [-0.2, 0) is 16.4 Å². The predicted octanol–water partition coefficient (Wildman–Crippen LogP) is 5.97. The fourth-order valence-corrected chi connectivity index (χ4v) is 6.63. The molecule has 1 unspecified atom stereocenters. The van der Waals surface area contributed by atoms with Crippen LogP contribution in [0.5, 0.6) is 0 Å². The van der Waals surface area contributed by atoms with E-state index < -0.39 is 16.1 Å². The minimum Gasteiger partial charge on any atom is -0.358 e. The van der Waals surface area contributed by atoms with E-state index in [0.29, 0.717) is 17.9 Å². The molecule has 2 heterocycles. The molecule has 0 amide bonds. The van der Waals surface area contributed by atoms with Crippen molar-refractivity contribution in [1.82, 2.24) is 9.29 Å². The SMILES string of the molecule is Cc1ccc(S(=O)(=O)N2CCc3[nH]c4ccccc4c3C2c2ccc3ccccc3c2)cc1. The molecular formula is C28H24N2O2S. The van der Waals surface area contributed by atoms with E-state index in [-0.39, 0.29) is 0 Å². The van der Waals surface area contributed by atoms with E-state index in [9.17, 15) is 8.42 Å². The normalized spacial score (nSPS) is 16.8. The zero-order valence-corrected chi connectivity index (χ0v) is 19.1. The van der Waals surface area contributed by atoms with Gasteiger partial charge in [-0.05, 0) is 47.5 Å². The number of sulfonamides is 1. The predicted molar refractivity (Wildman–Crippen MR) is 133 cm³/mol. The van der Waals surface area contributed by atoms with Gasteiger partial charge in [0.1, 0.15) is 0 Å². The van der Waals surface area contributed by atoms with Gasteiger partial charge in [-0.3, -0.25) is 0 Å². The lowest BCUT2D eigenvalue weighted by atomic mass is 9.91. The highest BCUT2D eigenvalue weighted by atomic mass is 32.2. The third-order valence-electron chi connectivity index (χ3n) is 6.69. The Morgan fingerprint density at radius 1 is 0.848 bits per heavy atom. The van der Waals surface area contributed by atoms with Gasteiger partial charge in [-0.1, -0.05) is 72.3 Å². The van der Waals surface area contributed by atoms with Gasteiger partial charge in [-0.25, -0.2) is 8.42 Å². The molecule has 0 saturated carbocycles. The maximum atomic E-state index is 13.9. The lowest BCUT2D eigenvalue weighted by Crippen LogP contribution is -2.40. The molecule has 0 saturated heterocycles. The lowest BCUT2D eigenvalue weighted by Gasteiger charge is -2.35. The third kappa shape index (κ3) is 3.27. The topological polar surface area (TPSA) is 53.2 Å². The Labute approximate surface area is 193 Å². The van der Waals surface area contributed by atoms with Crippen molar-refractivity contribution in [2.45, 2.75) is 24.3 Å². The van der Waals surface area contributed by atoms with Gasteiger partial charge in [0, 0.05) is 35.1 Å². The molecule has 33 heavy (non-hydrogen) atoms. The fourth-order valence-electron chi connectivity index (χ4n) is 5.04. The van der Waals surface area contributed by atoms with Crippen LogP contribution in [0.25, 0.3) is 21.7 Å². The van der Waals surface area contributed by atoms with Crippen LogP contribution in [0.3, 0.4) is 0 Å². The van der Waals surface area contributed by atoms with E-state index in [4.69, 9.17) is 0 Å². The Kier molecular flexibility index (Phi) is 4.64. The molecule has 1 aliphatic heterocycles. The van der Waals surface area contributed by atoms with E-state index >= 15 is 0 Å². The summed E-state index contributed by atoms with van der Waals surface area (Å²) in [5.74, 6) is 0. The maximum Gasteiger partial charge on any atom is 0.243 e. The maximum absolute atomic E-state index is 13.9. The Balaban J connectivity index is 1.59. The van der Waals surface area contributed by atoms with Crippen molar-refractivity contribution >= 4 is 31.7 Å². The van der Waals surface area contributed by atoms with Crippen molar-refractivity contribution in [3.05, 3.63) is 113 Å². The van der Waals surface area contributed by atoms with Gasteiger partial charge in [0.15, 0.2) is 0 Å². The van der Waals surface area contributed by atoms with Crippen LogP contribution in [0, 0.1) is 6.92 Å². The highest BCUT2D eigenvalue weighted by Crippen LogP contribution is 2.42. The molecule has 5 heteroatoms. The highest BCUT2D eigenvalue weighted by Gasteiger charge is 2.39. The van der Waals surface area contributed by atoms with Crippen molar-refractivity contribution in [2.24, 2.45) is 0 Å². The number of fused-ring (bicyclic) bond motifs is 4. The van der Waals surface area contributed by atoms with E-state index in [1.165, 1.54) is 0 Å². The first-order valence-electron chi connectivity index (χ1n) is 11.2. The van der Waals surface area contributed by atoms with Crippen molar-refractivity contribution in [3.63, 3.8) is 0 Å². The standard InChI is InChI=1S/C28H24N2O2S/c1-19-10-14-23(15-11-19)33(31,32)30-17-16-26-27(24-8-4-5-9-25(24)29-26)28(30)22-13-12-20-6-2-3-7-21(20)18-22/h2-15,18,28-29H,16-17H2,1H3. The number of para-hydroxylation sites is 1. The van der Waals surface area contributed by atoms with Crippen LogP contribution in [0.1, 0.15) is 28.4 Å². The largest absolute Gasteiger partial charge is 0.358 e. The van der Waals surface area contributed by atoms with Gasteiger partial charge >= 0.3 is 0 Å². The van der Waals surface area contributed by atoms with Crippen LogP contribution in [-0.4, -0.2) is 24.3 Å². The summed E-state index contributed by atoms with van der Waals surface area (Å²) in [5, 5.41) is 3.33. The first kappa shape index (κ1) is 20.2. The van der Waals surface area contributed by atoms with E-state index in [2.05, 4.69) is 47.4 Å². The molecule has 0 radical (unpaired) electrons. The summed E-state index contributed by atoms with van der Waals surface area (Å²) in [6, 6.07) is 29.4. The average Bonchev–Trinajstić information content (AvgIpc) is 3.22. The summed E-state index contributed by atoms with van der Waals surface area (Å²) >= 11 is 0. The van der Waals surface area contributed by atoms with Crippen LogP contribution in [0.15, 0.2) is 95.9 Å². The molecule has 4 aromatic carbocycles. The lowest BCUT2D eigenvalue weighted by molar-refractivity contribution is 0.344. The van der Waals surface area contributed by atoms with Gasteiger partial charge in [0.2, 0.25) is 10.0 Å². The number of nitrogens with one attached hydrogen (secondary N) is 1. The van der Waals surface area contributed by atoms with Crippen molar-refractivity contribution in [3.8, 4) is 0 Å². The Morgan fingerprint density at radius 3 is 2.39 bits per heavy atom. The summed E-state index contributed by atoms with van der Waals surface area (Å²) in [6.07, 6.45) is 0.652. The number of aromatic nitrogens is 1. The molecule has 6 rings (SSSR count). The van der Waals surface area contributed by atoms with Crippen LogP contribution >= 0.6 is 0 Å². The molecule has 1 aromatic heterocycles. The van der Waals surface area contributed by atoms with Gasteiger partial charge in [0.25, 0.3) is 0 Å². The smallest absolute Gasteiger partial charge is 0.243 e. The van der Waals surface area contributed by atoms with Crippen LogP contribution < -0.4 is 0 Å². The first-order chi connectivity index (χ1) is 16.0. The zero-order valence-electron chi connectivity index (χ0n) is 18.3. The number of H-pyrrole nitrogens is 1. The van der Waals surface area contributed by atoms with Gasteiger partial charge < -0.3 is 4.98 Å². The molecule has 164 valence electrons. The van der Waals surface area contributed by atoms with Crippen molar-refractivity contribution in [1.29, 1.82) is 0 Å². The molecular weight excluding hydrogens is 428 g/mol. The highest BCUT2D eigenvalue weighted by molar-refractivity contribution is 7.89. The number of rotatable bonds is 3. The third-order valence-corrected chi connectivity index (χ3v) is 8.57.